The number of hydrogen-bond donors (Lipinski definition) is 1. The van der Waals surface area contributed by atoms with Crippen molar-refractivity contribution in [3.05, 3.63) is 11.7 Å². The fourth-order valence-electron chi connectivity index (χ4n) is 2.31. The molecular formula is C14H25N3OS. The monoisotopic (exact) mass is 283 g/mol. The van der Waals surface area contributed by atoms with Crippen molar-refractivity contribution in [2.75, 3.05) is 6.54 Å². The molecule has 0 atom stereocenters. The zero-order valence-electron chi connectivity index (χ0n) is 12.0. The molecule has 1 heterocycles. The van der Waals surface area contributed by atoms with Crippen LogP contribution in [0, 0.1) is 5.92 Å². The van der Waals surface area contributed by atoms with E-state index in [0.717, 1.165) is 23.4 Å². The molecule has 2 rings (SSSR count). The summed E-state index contributed by atoms with van der Waals surface area (Å²) in [5.74, 6) is 3.08. The third kappa shape index (κ3) is 5.53. The fourth-order valence-corrected chi connectivity index (χ4v) is 3.48. The molecule has 0 aromatic carbocycles. The third-order valence-electron chi connectivity index (χ3n) is 3.34. The van der Waals surface area contributed by atoms with Crippen molar-refractivity contribution in [1.29, 1.82) is 0 Å². The predicted molar refractivity (Wildman–Crippen MR) is 79.0 cm³/mol. The second-order valence-corrected chi connectivity index (χ2v) is 6.99. The molecule has 108 valence electrons. The van der Waals surface area contributed by atoms with E-state index in [1.165, 1.54) is 32.1 Å². The van der Waals surface area contributed by atoms with Gasteiger partial charge in [-0.15, -0.1) is 0 Å². The van der Waals surface area contributed by atoms with Crippen molar-refractivity contribution in [2.24, 2.45) is 5.92 Å². The quantitative estimate of drug-likeness (QED) is 0.831. The zero-order chi connectivity index (χ0) is 13.5. The highest BCUT2D eigenvalue weighted by Gasteiger charge is 2.15. The molecule has 19 heavy (non-hydrogen) atoms. The van der Waals surface area contributed by atoms with Gasteiger partial charge in [-0.25, -0.2) is 0 Å². The van der Waals surface area contributed by atoms with Crippen molar-refractivity contribution in [1.82, 2.24) is 15.5 Å². The maximum absolute atomic E-state index is 5.25. The van der Waals surface area contributed by atoms with Crippen molar-refractivity contribution >= 4 is 11.8 Å². The molecule has 1 saturated carbocycles. The van der Waals surface area contributed by atoms with Crippen molar-refractivity contribution in [2.45, 2.75) is 63.5 Å². The molecule has 0 aliphatic heterocycles. The summed E-state index contributed by atoms with van der Waals surface area (Å²) in [7, 11) is 0. The molecule has 0 bridgehead atoms. The summed E-state index contributed by atoms with van der Waals surface area (Å²) in [5.41, 5.74) is 0. The van der Waals surface area contributed by atoms with Gasteiger partial charge in [0, 0.05) is 5.25 Å². The van der Waals surface area contributed by atoms with E-state index in [2.05, 4.69) is 29.3 Å². The van der Waals surface area contributed by atoms with Gasteiger partial charge in [-0.05, 0) is 25.3 Å². The Kier molecular flexibility index (Phi) is 6.17. The van der Waals surface area contributed by atoms with Crippen LogP contribution in [-0.2, 0) is 12.3 Å². The number of nitrogens with zero attached hydrogens (tertiary/aromatic N) is 2. The molecular weight excluding hydrogens is 258 g/mol. The normalized spacial score (nSPS) is 17.2. The molecule has 0 unspecified atom stereocenters. The van der Waals surface area contributed by atoms with Gasteiger partial charge >= 0.3 is 0 Å². The molecule has 1 aliphatic rings. The van der Waals surface area contributed by atoms with Crippen LogP contribution < -0.4 is 5.32 Å². The standard InChI is InChI=1S/C14H25N3OS/c1-11(2)8-15-9-14-16-13(17-18-14)10-19-12-6-4-3-5-7-12/h11-12,15H,3-10H2,1-2H3. The Hall–Kier alpha value is -0.550. The van der Waals surface area contributed by atoms with E-state index in [4.69, 9.17) is 4.52 Å². The maximum atomic E-state index is 5.25. The molecule has 0 radical (unpaired) electrons. The van der Waals surface area contributed by atoms with Crippen LogP contribution in [0.25, 0.3) is 0 Å². The van der Waals surface area contributed by atoms with Gasteiger partial charge in [-0.2, -0.15) is 16.7 Å². The topological polar surface area (TPSA) is 51.0 Å². The lowest BCUT2D eigenvalue weighted by Gasteiger charge is -2.19. The van der Waals surface area contributed by atoms with Crippen LogP contribution in [0.15, 0.2) is 4.52 Å². The SMILES string of the molecule is CC(C)CNCc1nc(CSC2CCCCC2)no1. The van der Waals surface area contributed by atoms with Crippen LogP contribution in [0.2, 0.25) is 0 Å². The molecule has 1 fully saturated rings. The second kappa shape index (κ2) is 7.90. The average molecular weight is 283 g/mol. The van der Waals surface area contributed by atoms with E-state index in [1.54, 1.807) is 0 Å². The first-order valence-electron chi connectivity index (χ1n) is 7.38. The highest BCUT2D eigenvalue weighted by molar-refractivity contribution is 7.99. The minimum atomic E-state index is 0.643. The summed E-state index contributed by atoms with van der Waals surface area (Å²) in [4.78, 5) is 4.43. The van der Waals surface area contributed by atoms with E-state index in [0.29, 0.717) is 18.4 Å². The van der Waals surface area contributed by atoms with Crippen LogP contribution in [0.3, 0.4) is 0 Å². The average Bonchev–Trinajstić information content (AvgIpc) is 2.85. The van der Waals surface area contributed by atoms with Crippen LogP contribution in [0.5, 0.6) is 0 Å². The van der Waals surface area contributed by atoms with Crippen molar-refractivity contribution in [3.8, 4) is 0 Å². The van der Waals surface area contributed by atoms with Gasteiger partial charge in [-0.3, -0.25) is 0 Å². The smallest absolute Gasteiger partial charge is 0.240 e. The van der Waals surface area contributed by atoms with Gasteiger partial charge < -0.3 is 9.84 Å². The molecule has 1 aromatic rings. The first kappa shape index (κ1) is 14.9. The van der Waals surface area contributed by atoms with Gasteiger partial charge in [0.1, 0.15) is 0 Å². The van der Waals surface area contributed by atoms with Crippen molar-refractivity contribution in [3.63, 3.8) is 0 Å². The lowest BCUT2D eigenvalue weighted by Crippen LogP contribution is -2.19. The first-order valence-corrected chi connectivity index (χ1v) is 8.42. The van der Waals surface area contributed by atoms with Crippen LogP contribution in [0.1, 0.15) is 57.7 Å². The number of hydrogen-bond acceptors (Lipinski definition) is 5. The third-order valence-corrected chi connectivity index (χ3v) is 4.71. The molecule has 1 aliphatic carbocycles. The molecule has 4 nitrogen and oxygen atoms in total. The minimum Gasteiger partial charge on any atom is -0.338 e. The maximum Gasteiger partial charge on any atom is 0.240 e. The predicted octanol–water partition coefficient (Wildman–Crippen LogP) is 3.38. The summed E-state index contributed by atoms with van der Waals surface area (Å²) in [6.45, 7) is 6.04. The first-order chi connectivity index (χ1) is 9.24. The van der Waals surface area contributed by atoms with Gasteiger partial charge in [0.2, 0.25) is 5.89 Å². The molecule has 1 N–H and O–H groups in total. The van der Waals surface area contributed by atoms with Gasteiger partial charge in [0.25, 0.3) is 0 Å². The van der Waals surface area contributed by atoms with Gasteiger partial charge in [0.05, 0.1) is 12.3 Å². The summed E-state index contributed by atoms with van der Waals surface area (Å²) >= 11 is 1.99. The summed E-state index contributed by atoms with van der Waals surface area (Å²) < 4.78 is 5.25. The second-order valence-electron chi connectivity index (χ2n) is 5.70. The Morgan fingerprint density at radius 2 is 2.11 bits per heavy atom. The number of rotatable bonds is 7. The lowest BCUT2D eigenvalue weighted by molar-refractivity contribution is 0.360. The molecule has 5 heteroatoms. The van der Waals surface area contributed by atoms with Crippen molar-refractivity contribution < 1.29 is 4.52 Å². The summed E-state index contributed by atoms with van der Waals surface area (Å²) in [5, 5.41) is 8.17. The summed E-state index contributed by atoms with van der Waals surface area (Å²) in [6.07, 6.45) is 6.88. The minimum absolute atomic E-state index is 0.643. The van der Waals surface area contributed by atoms with Crippen LogP contribution in [-0.4, -0.2) is 21.9 Å². The Balaban J connectivity index is 1.68. The Morgan fingerprint density at radius 3 is 2.84 bits per heavy atom. The molecule has 0 spiro atoms. The Bertz CT molecular complexity index is 361. The highest BCUT2D eigenvalue weighted by Crippen LogP contribution is 2.29. The van der Waals surface area contributed by atoms with Crippen LogP contribution in [0.4, 0.5) is 0 Å². The Labute approximate surface area is 120 Å². The van der Waals surface area contributed by atoms with Gasteiger partial charge in [-0.1, -0.05) is 38.3 Å². The van der Waals surface area contributed by atoms with E-state index in [9.17, 15) is 0 Å². The number of nitrogens with one attached hydrogen (secondary N) is 1. The molecule has 1 aromatic heterocycles. The van der Waals surface area contributed by atoms with E-state index < -0.39 is 0 Å². The lowest BCUT2D eigenvalue weighted by atomic mass is 10.0. The van der Waals surface area contributed by atoms with Crippen LogP contribution >= 0.6 is 11.8 Å². The van der Waals surface area contributed by atoms with E-state index in [-0.39, 0.29) is 0 Å². The number of thioether (sulfide) groups is 1. The molecule has 0 amide bonds. The largest absolute Gasteiger partial charge is 0.338 e. The Morgan fingerprint density at radius 1 is 1.32 bits per heavy atom. The van der Waals surface area contributed by atoms with E-state index in [1.807, 2.05) is 11.8 Å². The van der Waals surface area contributed by atoms with Gasteiger partial charge in [0.15, 0.2) is 5.82 Å². The zero-order valence-corrected chi connectivity index (χ0v) is 12.8. The molecule has 0 saturated heterocycles. The number of aromatic nitrogens is 2. The fraction of sp³-hybridized carbons (Fsp3) is 0.857. The highest BCUT2D eigenvalue weighted by atomic mass is 32.2. The van der Waals surface area contributed by atoms with E-state index >= 15 is 0 Å². The summed E-state index contributed by atoms with van der Waals surface area (Å²) in [6, 6.07) is 0.